The molecule has 2 aromatic rings. The number of methoxy groups -OCH3 is 1. The largest absolute Gasteiger partial charge is 0.497 e. The highest BCUT2D eigenvalue weighted by Gasteiger charge is 2.28. The number of carbonyl (C=O) groups is 1. The predicted octanol–water partition coefficient (Wildman–Crippen LogP) is 1.85. The van der Waals surface area contributed by atoms with Crippen LogP contribution in [0, 0.1) is 0 Å². The molecule has 1 aliphatic heterocycles. The number of anilines is 1. The Morgan fingerprint density at radius 1 is 1.52 bits per heavy atom. The number of carbonyl (C=O) groups excluding carboxylic acids is 1. The fourth-order valence-electron chi connectivity index (χ4n) is 2.75. The molecule has 6 nitrogen and oxygen atoms in total. The van der Waals surface area contributed by atoms with Crippen molar-refractivity contribution in [1.82, 2.24) is 10.3 Å². The Hall–Kier alpha value is -2.05. The highest BCUT2D eigenvalue weighted by Crippen LogP contribution is 2.35. The topological polar surface area (TPSA) is 63.7 Å². The summed E-state index contributed by atoms with van der Waals surface area (Å²) in [6, 6.07) is 5.66. The van der Waals surface area contributed by atoms with Gasteiger partial charge in [-0.25, -0.2) is 0 Å². The van der Waals surface area contributed by atoms with E-state index in [1.54, 1.807) is 20.4 Å². The predicted molar refractivity (Wildman–Crippen MR) is 89.3 cm³/mol. The first kappa shape index (κ1) is 15.8. The van der Waals surface area contributed by atoms with E-state index in [1.807, 2.05) is 18.2 Å². The molecule has 3 rings (SSSR count). The normalized spacial score (nSPS) is 18.0. The van der Waals surface area contributed by atoms with Gasteiger partial charge in [0.25, 0.3) is 5.91 Å². The minimum absolute atomic E-state index is 0.137. The number of morpholine rings is 1. The Kier molecular flexibility index (Phi) is 4.54. The molecule has 1 saturated heterocycles. The molecule has 1 amide bonds. The van der Waals surface area contributed by atoms with Gasteiger partial charge in [0.05, 0.1) is 36.5 Å². The van der Waals surface area contributed by atoms with Crippen LogP contribution in [-0.4, -0.2) is 50.8 Å². The number of pyridine rings is 1. The van der Waals surface area contributed by atoms with Crippen LogP contribution in [0.1, 0.15) is 0 Å². The van der Waals surface area contributed by atoms with Crippen molar-refractivity contribution in [2.75, 3.05) is 38.8 Å². The summed E-state index contributed by atoms with van der Waals surface area (Å²) in [5, 5.41) is 4.06. The number of amides is 1. The van der Waals surface area contributed by atoms with Crippen LogP contribution in [0.2, 0.25) is 5.02 Å². The van der Waals surface area contributed by atoms with E-state index in [1.165, 1.54) is 0 Å². The zero-order valence-electron chi connectivity index (χ0n) is 13.0. The number of hydrogen-bond donors (Lipinski definition) is 1. The molecular formula is C16H18ClN3O3. The average molecular weight is 336 g/mol. The number of hydrogen-bond acceptors (Lipinski definition) is 5. The Labute approximate surface area is 139 Å². The Morgan fingerprint density at radius 2 is 2.35 bits per heavy atom. The molecule has 0 saturated carbocycles. The van der Waals surface area contributed by atoms with Crippen molar-refractivity contribution >= 4 is 34.1 Å². The number of rotatable bonds is 3. The third-order valence-electron chi connectivity index (χ3n) is 3.92. The molecule has 1 atom stereocenters. The number of nitrogens with zero attached hydrogens (tertiary/aromatic N) is 2. The number of ether oxygens (including phenoxy) is 2. The Bertz CT molecular complexity index is 738. The van der Waals surface area contributed by atoms with Crippen molar-refractivity contribution in [2.24, 2.45) is 0 Å². The van der Waals surface area contributed by atoms with Crippen LogP contribution in [0.4, 0.5) is 5.69 Å². The van der Waals surface area contributed by atoms with Gasteiger partial charge in [0.1, 0.15) is 5.75 Å². The molecule has 1 fully saturated rings. The molecule has 0 aliphatic carbocycles. The van der Waals surface area contributed by atoms with E-state index in [2.05, 4.69) is 15.2 Å². The van der Waals surface area contributed by atoms with E-state index in [4.69, 9.17) is 21.1 Å². The van der Waals surface area contributed by atoms with Crippen molar-refractivity contribution in [2.45, 2.75) is 6.10 Å². The summed E-state index contributed by atoms with van der Waals surface area (Å²) in [4.78, 5) is 18.3. The Balaban J connectivity index is 2.03. The lowest BCUT2D eigenvalue weighted by molar-refractivity contribution is -0.132. The van der Waals surface area contributed by atoms with Crippen molar-refractivity contribution in [3.63, 3.8) is 0 Å². The number of nitrogens with one attached hydrogen (secondary N) is 1. The number of benzene rings is 1. The van der Waals surface area contributed by atoms with Crippen LogP contribution in [-0.2, 0) is 9.53 Å². The van der Waals surface area contributed by atoms with Crippen molar-refractivity contribution in [1.29, 1.82) is 0 Å². The lowest BCUT2D eigenvalue weighted by Gasteiger charge is -2.34. The van der Waals surface area contributed by atoms with Crippen molar-refractivity contribution in [3.05, 3.63) is 29.4 Å². The van der Waals surface area contributed by atoms with Gasteiger partial charge in [0.15, 0.2) is 6.10 Å². The lowest BCUT2D eigenvalue weighted by Crippen LogP contribution is -2.49. The first-order chi connectivity index (χ1) is 11.1. The highest BCUT2D eigenvalue weighted by atomic mass is 35.5. The zero-order valence-corrected chi connectivity index (χ0v) is 13.8. The van der Waals surface area contributed by atoms with Crippen LogP contribution in [0.3, 0.4) is 0 Å². The standard InChI is InChI=1S/C16H18ClN3O3/c1-18-16(21)14-9-20(5-6-23-14)15-11-7-10(22-2)3-4-13(11)19-8-12(15)17/h3-4,7-8,14H,5-6,9H2,1-2H3,(H,18,21). The van der Waals surface area contributed by atoms with Crippen LogP contribution in [0.5, 0.6) is 5.75 Å². The lowest BCUT2D eigenvalue weighted by atomic mass is 10.1. The van der Waals surface area contributed by atoms with Crippen LogP contribution >= 0.6 is 11.6 Å². The smallest absolute Gasteiger partial charge is 0.250 e. The molecule has 23 heavy (non-hydrogen) atoms. The molecule has 0 spiro atoms. The van der Waals surface area contributed by atoms with E-state index < -0.39 is 6.10 Å². The van der Waals surface area contributed by atoms with E-state index in [0.29, 0.717) is 24.7 Å². The number of aromatic nitrogens is 1. The van der Waals surface area contributed by atoms with Crippen molar-refractivity contribution in [3.8, 4) is 5.75 Å². The third kappa shape index (κ3) is 3.04. The second-order valence-electron chi connectivity index (χ2n) is 5.26. The summed E-state index contributed by atoms with van der Waals surface area (Å²) in [5.74, 6) is 0.598. The maximum atomic E-state index is 11.9. The highest BCUT2D eigenvalue weighted by molar-refractivity contribution is 6.34. The SMILES string of the molecule is CNC(=O)C1CN(c2c(Cl)cnc3ccc(OC)cc23)CCO1. The molecule has 122 valence electrons. The number of fused-ring (bicyclic) bond motifs is 1. The summed E-state index contributed by atoms with van der Waals surface area (Å²) in [6.07, 6.45) is 1.12. The molecule has 1 N–H and O–H groups in total. The van der Waals surface area contributed by atoms with Gasteiger partial charge in [0.2, 0.25) is 0 Å². The zero-order chi connectivity index (χ0) is 16.4. The molecule has 1 aromatic heterocycles. The second kappa shape index (κ2) is 6.60. The molecule has 2 heterocycles. The van der Waals surface area contributed by atoms with Gasteiger partial charge >= 0.3 is 0 Å². The van der Waals surface area contributed by atoms with E-state index in [0.717, 1.165) is 22.3 Å². The molecular weight excluding hydrogens is 318 g/mol. The first-order valence-electron chi connectivity index (χ1n) is 7.34. The fraction of sp³-hybridized carbons (Fsp3) is 0.375. The minimum Gasteiger partial charge on any atom is -0.497 e. The van der Waals surface area contributed by atoms with Gasteiger partial charge in [-0.1, -0.05) is 11.6 Å². The Morgan fingerprint density at radius 3 is 3.09 bits per heavy atom. The molecule has 1 unspecified atom stereocenters. The summed E-state index contributed by atoms with van der Waals surface area (Å²) >= 11 is 6.41. The summed E-state index contributed by atoms with van der Waals surface area (Å²) < 4.78 is 10.8. The van der Waals surface area contributed by atoms with Gasteiger partial charge in [-0.15, -0.1) is 0 Å². The molecule has 0 radical (unpaired) electrons. The molecule has 0 bridgehead atoms. The van der Waals surface area contributed by atoms with Crippen LogP contribution in [0.25, 0.3) is 10.9 Å². The number of halogens is 1. The summed E-state index contributed by atoms with van der Waals surface area (Å²) in [5.41, 5.74) is 1.68. The minimum atomic E-state index is -0.515. The van der Waals surface area contributed by atoms with Gasteiger partial charge < -0.3 is 19.7 Å². The molecule has 1 aliphatic rings. The first-order valence-corrected chi connectivity index (χ1v) is 7.72. The monoisotopic (exact) mass is 335 g/mol. The maximum Gasteiger partial charge on any atom is 0.250 e. The summed E-state index contributed by atoms with van der Waals surface area (Å²) in [6.45, 7) is 1.56. The fourth-order valence-corrected chi connectivity index (χ4v) is 3.02. The average Bonchev–Trinajstić information content (AvgIpc) is 2.60. The molecule has 1 aromatic carbocycles. The summed E-state index contributed by atoms with van der Waals surface area (Å²) in [7, 11) is 3.22. The maximum absolute atomic E-state index is 11.9. The van der Waals surface area contributed by atoms with Gasteiger partial charge in [-0.3, -0.25) is 9.78 Å². The van der Waals surface area contributed by atoms with E-state index >= 15 is 0 Å². The van der Waals surface area contributed by atoms with E-state index in [-0.39, 0.29) is 5.91 Å². The van der Waals surface area contributed by atoms with Crippen LogP contribution < -0.4 is 15.0 Å². The van der Waals surface area contributed by atoms with Crippen molar-refractivity contribution < 1.29 is 14.3 Å². The van der Waals surface area contributed by atoms with Gasteiger partial charge in [0, 0.05) is 25.2 Å². The van der Waals surface area contributed by atoms with Crippen LogP contribution in [0.15, 0.2) is 24.4 Å². The van der Waals surface area contributed by atoms with E-state index in [9.17, 15) is 4.79 Å². The quantitative estimate of drug-likeness (QED) is 0.927. The molecule has 7 heteroatoms. The van der Waals surface area contributed by atoms with Gasteiger partial charge in [-0.05, 0) is 18.2 Å². The second-order valence-corrected chi connectivity index (χ2v) is 5.66. The third-order valence-corrected chi connectivity index (χ3v) is 4.20. The van der Waals surface area contributed by atoms with Gasteiger partial charge in [-0.2, -0.15) is 0 Å². The number of likely N-dealkylation sites (N-methyl/N-ethyl adjacent to an activating group) is 1.